The third-order valence-corrected chi connectivity index (χ3v) is 6.73. The van der Waals surface area contributed by atoms with Crippen molar-refractivity contribution in [2.75, 3.05) is 19.6 Å². The molecule has 31 heavy (non-hydrogen) atoms. The Bertz CT molecular complexity index is 894. The van der Waals surface area contributed by atoms with Crippen molar-refractivity contribution in [2.45, 2.75) is 56.7 Å². The fraction of sp³-hybridized carbons (Fsp3) is 0.462. The van der Waals surface area contributed by atoms with Crippen molar-refractivity contribution in [2.24, 2.45) is 0 Å². The van der Waals surface area contributed by atoms with Crippen LogP contribution in [0.4, 0.5) is 4.39 Å². The van der Waals surface area contributed by atoms with Crippen LogP contribution in [0.5, 0.6) is 0 Å². The van der Waals surface area contributed by atoms with Crippen LogP contribution in [0.15, 0.2) is 60.7 Å². The molecule has 2 aromatic carbocycles. The van der Waals surface area contributed by atoms with Gasteiger partial charge in [0, 0.05) is 51.2 Å². The van der Waals surface area contributed by atoms with Crippen LogP contribution in [-0.2, 0) is 16.0 Å². The van der Waals surface area contributed by atoms with E-state index < -0.39 is 5.67 Å². The summed E-state index contributed by atoms with van der Waals surface area (Å²) in [5.41, 5.74) is 0.929. The minimum Gasteiger partial charge on any atom is -0.342 e. The van der Waals surface area contributed by atoms with Gasteiger partial charge in [-0.1, -0.05) is 60.7 Å². The van der Waals surface area contributed by atoms with E-state index in [-0.39, 0.29) is 37.2 Å². The van der Waals surface area contributed by atoms with Crippen molar-refractivity contribution in [1.82, 2.24) is 9.80 Å². The highest BCUT2D eigenvalue weighted by Gasteiger charge is 2.47. The number of nitrogens with zero attached hydrogens (tertiary/aromatic N) is 2. The largest absolute Gasteiger partial charge is 0.342 e. The number of hydrogen-bond acceptors (Lipinski definition) is 2. The number of aryl methyl sites for hydroxylation is 1. The lowest BCUT2D eigenvalue weighted by atomic mass is 9.92. The molecule has 0 bridgehead atoms. The Kier molecular flexibility index (Phi) is 6.40. The topological polar surface area (TPSA) is 40.6 Å². The molecule has 0 N–H and O–H groups in total. The Morgan fingerprint density at radius 3 is 2.26 bits per heavy atom. The van der Waals surface area contributed by atoms with Crippen molar-refractivity contribution < 1.29 is 14.0 Å². The molecule has 2 amide bonds. The summed E-state index contributed by atoms with van der Waals surface area (Å²) in [7, 11) is 0. The number of hydrogen-bond donors (Lipinski definition) is 0. The minimum atomic E-state index is -1.42. The first-order valence-electron chi connectivity index (χ1n) is 11.3. The maximum atomic E-state index is 15.7. The Balaban J connectivity index is 1.29. The lowest BCUT2D eigenvalue weighted by Gasteiger charge is -2.39. The molecule has 1 aliphatic heterocycles. The summed E-state index contributed by atoms with van der Waals surface area (Å²) >= 11 is 0. The second-order valence-corrected chi connectivity index (χ2v) is 8.98. The molecule has 0 spiro atoms. The molecule has 2 atom stereocenters. The van der Waals surface area contributed by atoms with Gasteiger partial charge in [0.2, 0.25) is 11.8 Å². The SMILES string of the molecule is CC(=O)N(CC1(F)CCN(C(=O)CCc2ccccc2)CC1)C1CC1c1ccccc1. The van der Waals surface area contributed by atoms with Gasteiger partial charge < -0.3 is 9.80 Å². The van der Waals surface area contributed by atoms with E-state index in [9.17, 15) is 9.59 Å². The van der Waals surface area contributed by atoms with E-state index in [4.69, 9.17) is 0 Å². The quantitative estimate of drug-likeness (QED) is 0.665. The molecule has 1 saturated heterocycles. The van der Waals surface area contributed by atoms with Gasteiger partial charge in [-0.05, 0) is 24.0 Å². The molecule has 164 valence electrons. The third-order valence-electron chi connectivity index (χ3n) is 6.73. The lowest BCUT2D eigenvalue weighted by molar-refractivity contribution is -0.137. The first-order valence-corrected chi connectivity index (χ1v) is 11.3. The predicted octanol–water partition coefficient (Wildman–Crippen LogP) is 4.35. The van der Waals surface area contributed by atoms with E-state index in [0.717, 1.165) is 12.0 Å². The third kappa shape index (κ3) is 5.33. The number of benzene rings is 2. The predicted molar refractivity (Wildman–Crippen MR) is 119 cm³/mol. The van der Waals surface area contributed by atoms with E-state index in [0.29, 0.717) is 31.8 Å². The van der Waals surface area contributed by atoms with Gasteiger partial charge in [0.15, 0.2) is 0 Å². The smallest absolute Gasteiger partial charge is 0.222 e. The maximum Gasteiger partial charge on any atom is 0.222 e. The maximum absolute atomic E-state index is 15.7. The highest BCUT2D eigenvalue weighted by Crippen LogP contribution is 2.45. The Hall–Kier alpha value is -2.69. The zero-order valence-electron chi connectivity index (χ0n) is 18.2. The van der Waals surface area contributed by atoms with Gasteiger partial charge >= 0.3 is 0 Å². The normalized spacial score (nSPS) is 22.1. The van der Waals surface area contributed by atoms with E-state index in [1.165, 1.54) is 12.5 Å². The number of piperidine rings is 1. The fourth-order valence-corrected chi connectivity index (χ4v) is 4.72. The second kappa shape index (κ2) is 9.21. The molecule has 4 rings (SSSR count). The summed E-state index contributed by atoms with van der Waals surface area (Å²) in [5, 5.41) is 0. The van der Waals surface area contributed by atoms with Crippen molar-refractivity contribution in [3.63, 3.8) is 0 Å². The highest BCUT2D eigenvalue weighted by atomic mass is 19.1. The van der Waals surface area contributed by atoms with Gasteiger partial charge in [-0.3, -0.25) is 9.59 Å². The van der Waals surface area contributed by atoms with Crippen molar-refractivity contribution in [1.29, 1.82) is 0 Å². The van der Waals surface area contributed by atoms with Crippen molar-refractivity contribution in [3.8, 4) is 0 Å². The van der Waals surface area contributed by atoms with Crippen LogP contribution in [0.2, 0.25) is 0 Å². The minimum absolute atomic E-state index is 0.0678. The van der Waals surface area contributed by atoms with Crippen LogP contribution in [-0.4, -0.2) is 53.0 Å². The molecule has 4 nitrogen and oxygen atoms in total. The summed E-state index contributed by atoms with van der Waals surface area (Å²) in [6.07, 6.45) is 2.62. The van der Waals surface area contributed by atoms with Crippen LogP contribution in [0.25, 0.3) is 0 Å². The van der Waals surface area contributed by atoms with Crippen molar-refractivity contribution in [3.05, 3.63) is 71.8 Å². The Labute approximate surface area is 184 Å². The first-order chi connectivity index (χ1) is 15.0. The average molecular weight is 423 g/mol. The van der Waals surface area contributed by atoms with Gasteiger partial charge in [0.1, 0.15) is 5.67 Å². The van der Waals surface area contributed by atoms with Gasteiger partial charge in [-0.25, -0.2) is 4.39 Å². The molecule has 0 aromatic heterocycles. The summed E-state index contributed by atoms with van der Waals surface area (Å²) in [6.45, 7) is 2.50. The molecular weight excluding hydrogens is 391 g/mol. The molecular formula is C26H31FN2O2. The van der Waals surface area contributed by atoms with Crippen LogP contribution in [0, 0.1) is 0 Å². The molecule has 2 fully saturated rings. The summed E-state index contributed by atoms with van der Waals surface area (Å²) in [6, 6.07) is 20.2. The van der Waals surface area contributed by atoms with E-state index in [1.807, 2.05) is 48.5 Å². The lowest BCUT2D eigenvalue weighted by Crippen LogP contribution is -2.51. The van der Waals surface area contributed by atoms with Crippen LogP contribution in [0.3, 0.4) is 0 Å². The number of amides is 2. The summed E-state index contributed by atoms with van der Waals surface area (Å²) in [4.78, 5) is 28.4. The fourth-order valence-electron chi connectivity index (χ4n) is 4.72. The Morgan fingerprint density at radius 2 is 1.65 bits per heavy atom. The first kappa shape index (κ1) is 21.5. The molecule has 2 aromatic rings. The zero-order valence-corrected chi connectivity index (χ0v) is 18.2. The number of likely N-dealkylation sites (tertiary alicyclic amines) is 1. The molecule has 1 heterocycles. The van der Waals surface area contributed by atoms with Gasteiger partial charge in [0.25, 0.3) is 0 Å². The highest BCUT2D eigenvalue weighted by molar-refractivity contribution is 5.76. The number of carbonyl (C=O) groups excluding carboxylic acids is 2. The number of halogens is 1. The molecule has 2 aliphatic rings. The summed E-state index contributed by atoms with van der Waals surface area (Å²) < 4.78 is 15.7. The molecule has 5 heteroatoms. The Morgan fingerprint density at radius 1 is 1.03 bits per heavy atom. The van der Waals surface area contributed by atoms with Crippen LogP contribution < -0.4 is 0 Å². The standard InChI is InChI=1S/C26H31FN2O2/c1-20(30)29(24-18-23(24)22-10-6-3-7-11-22)19-26(27)14-16-28(17-15-26)25(31)13-12-21-8-4-2-5-9-21/h2-11,23-24H,12-19H2,1H3. The number of rotatable bonds is 7. The van der Waals surface area contributed by atoms with Crippen molar-refractivity contribution >= 4 is 11.8 Å². The van der Waals surface area contributed by atoms with Gasteiger partial charge in [-0.15, -0.1) is 0 Å². The monoisotopic (exact) mass is 422 g/mol. The second-order valence-electron chi connectivity index (χ2n) is 8.98. The molecule has 1 saturated carbocycles. The molecule has 0 radical (unpaired) electrons. The zero-order chi connectivity index (χ0) is 21.8. The number of carbonyl (C=O) groups is 2. The summed E-state index contributed by atoms with van der Waals surface area (Å²) in [5.74, 6) is 0.316. The average Bonchev–Trinajstić information content (AvgIpc) is 3.58. The van der Waals surface area contributed by atoms with E-state index in [1.54, 1.807) is 9.80 Å². The van der Waals surface area contributed by atoms with Gasteiger partial charge in [-0.2, -0.15) is 0 Å². The molecule has 2 unspecified atom stereocenters. The van der Waals surface area contributed by atoms with E-state index >= 15 is 4.39 Å². The number of alkyl halides is 1. The van der Waals surface area contributed by atoms with Gasteiger partial charge in [0.05, 0.1) is 6.54 Å². The molecule has 1 aliphatic carbocycles. The van der Waals surface area contributed by atoms with Crippen LogP contribution >= 0.6 is 0 Å². The van der Waals surface area contributed by atoms with E-state index in [2.05, 4.69) is 12.1 Å². The van der Waals surface area contributed by atoms with Crippen LogP contribution in [0.1, 0.15) is 49.7 Å².